The van der Waals surface area contributed by atoms with Crippen molar-refractivity contribution < 1.29 is 28.7 Å². The van der Waals surface area contributed by atoms with Gasteiger partial charge in [-0.2, -0.15) is 0 Å². The fourth-order valence-electron chi connectivity index (χ4n) is 4.22. The van der Waals surface area contributed by atoms with Crippen molar-refractivity contribution in [3.05, 3.63) is 71.9 Å². The van der Waals surface area contributed by atoms with Crippen LogP contribution in [0.25, 0.3) is 10.9 Å². The highest BCUT2D eigenvalue weighted by Crippen LogP contribution is 2.21. The Labute approximate surface area is 202 Å². The molecule has 0 bridgehead atoms. The minimum atomic E-state index is -0.966. The van der Waals surface area contributed by atoms with Crippen LogP contribution in [-0.2, 0) is 36.9 Å². The number of para-hydroxylation sites is 1. The molecule has 2 aromatic carbocycles. The lowest BCUT2D eigenvalue weighted by molar-refractivity contribution is -0.146. The zero-order valence-corrected chi connectivity index (χ0v) is 19.4. The van der Waals surface area contributed by atoms with Crippen LogP contribution in [0.15, 0.2) is 60.8 Å². The van der Waals surface area contributed by atoms with Gasteiger partial charge < -0.3 is 19.8 Å². The summed E-state index contributed by atoms with van der Waals surface area (Å²) in [6.07, 6.45) is 1.54. The first kappa shape index (κ1) is 24.0. The number of benzene rings is 2. The molecule has 9 nitrogen and oxygen atoms in total. The number of aromatic amines is 1. The number of nitrogens with one attached hydrogen (secondary N) is 2. The summed E-state index contributed by atoms with van der Waals surface area (Å²) < 4.78 is 10.3. The Kier molecular flexibility index (Phi) is 7.45. The number of carbonyl (C=O) groups is 4. The van der Waals surface area contributed by atoms with Gasteiger partial charge in [0, 0.05) is 29.9 Å². The molecule has 0 radical (unpaired) electrons. The van der Waals surface area contributed by atoms with Crippen molar-refractivity contribution in [2.24, 2.45) is 0 Å². The normalized spacial score (nSPS) is 16.5. The van der Waals surface area contributed by atoms with Gasteiger partial charge in [0.05, 0.1) is 13.7 Å². The number of ketones is 1. The lowest BCUT2D eigenvalue weighted by Crippen LogP contribution is -2.57. The predicted molar refractivity (Wildman–Crippen MR) is 127 cm³/mol. The predicted octanol–water partition coefficient (Wildman–Crippen LogP) is 2.74. The standard InChI is InChI=1S/C26H27N3O6/c1-34-25(32)22(13-18-14-27-21-10-6-5-9-20(18)21)28-24(31)23-12-11-19(30)15-29(23)26(33)35-16-17-7-3-2-4-8-17/h2-10,14,22-23,27H,11-13,15-16H2,1H3,(H,28,31)/t22?,23-/m1/s1. The summed E-state index contributed by atoms with van der Waals surface area (Å²) in [6.45, 7) is -0.207. The maximum Gasteiger partial charge on any atom is 0.411 e. The van der Waals surface area contributed by atoms with E-state index < -0.39 is 30.1 Å². The lowest BCUT2D eigenvalue weighted by Gasteiger charge is -2.33. The van der Waals surface area contributed by atoms with Crippen LogP contribution in [-0.4, -0.2) is 59.4 Å². The number of hydrogen-bond acceptors (Lipinski definition) is 6. The molecule has 0 spiro atoms. The zero-order chi connectivity index (χ0) is 24.8. The van der Waals surface area contributed by atoms with Gasteiger partial charge in [-0.1, -0.05) is 48.5 Å². The molecule has 9 heteroatoms. The molecule has 182 valence electrons. The van der Waals surface area contributed by atoms with E-state index in [1.807, 2.05) is 54.6 Å². The van der Waals surface area contributed by atoms with Crippen molar-refractivity contribution in [3.8, 4) is 0 Å². The molecule has 1 saturated heterocycles. The fourth-order valence-corrected chi connectivity index (χ4v) is 4.22. The van der Waals surface area contributed by atoms with E-state index in [1.165, 1.54) is 7.11 Å². The number of fused-ring (bicyclic) bond motifs is 1. The van der Waals surface area contributed by atoms with Crippen molar-refractivity contribution in [1.29, 1.82) is 0 Å². The van der Waals surface area contributed by atoms with Gasteiger partial charge in [-0.15, -0.1) is 0 Å². The van der Waals surface area contributed by atoms with Gasteiger partial charge in [-0.25, -0.2) is 9.59 Å². The number of carbonyl (C=O) groups excluding carboxylic acids is 4. The van der Waals surface area contributed by atoms with Crippen LogP contribution in [0.5, 0.6) is 0 Å². The number of hydrogen-bond donors (Lipinski definition) is 2. The Hall–Kier alpha value is -4.14. The highest BCUT2D eigenvalue weighted by Gasteiger charge is 2.38. The number of piperidine rings is 1. The number of Topliss-reactive ketones (excluding diaryl/α,β-unsaturated/α-hetero) is 1. The van der Waals surface area contributed by atoms with Crippen LogP contribution < -0.4 is 5.32 Å². The number of H-pyrrole nitrogens is 1. The van der Waals surface area contributed by atoms with Crippen molar-refractivity contribution in [2.75, 3.05) is 13.7 Å². The van der Waals surface area contributed by atoms with Gasteiger partial charge >= 0.3 is 12.1 Å². The lowest BCUT2D eigenvalue weighted by atomic mass is 9.99. The van der Waals surface area contributed by atoms with Crippen LogP contribution >= 0.6 is 0 Å². The Balaban J connectivity index is 1.47. The second kappa shape index (κ2) is 10.9. The minimum absolute atomic E-state index is 0.0179. The number of likely N-dealkylation sites (tertiary alicyclic amines) is 1. The molecule has 3 aromatic rings. The molecular formula is C26H27N3O6. The van der Waals surface area contributed by atoms with Crippen LogP contribution in [0.3, 0.4) is 0 Å². The number of amides is 2. The molecule has 1 aliphatic rings. The summed E-state index contributed by atoms with van der Waals surface area (Å²) in [7, 11) is 1.25. The number of nitrogens with zero attached hydrogens (tertiary/aromatic N) is 1. The molecule has 1 aliphatic heterocycles. The Bertz CT molecular complexity index is 1220. The summed E-state index contributed by atoms with van der Waals surface area (Å²) in [6, 6.07) is 14.9. The van der Waals surface area contributed by atoms with Crippen molar-refractivity contribution in [1.82, 2.24) is 15.2 Å². The van der Waals surface area contributed by atoms with Crippen LogP contribution in [0.2, 0.25) is 0 Å². The average molecular weight is 478 g/mol. The minimum Gasteiger partial charge on any atom is -0.467 e. The van der Waals surface area contributed by atoms with Gasteiger partial charge in [-0.05, 0) is 23.6 Å². The molecule has 2 atom stereocenters. The first-order chi connectivity index (χ1) is 17.0. The molecule has 4 rings (SSSR count). The van der Waals surface area contributed by atoms with Crippen LogP contribution in [0.4, 0.5) is 4.79 Å². The van der Waals surface area contributed by atoms with Crippen LogP contribution in [0.1, 0.15) is 24.0 Å². The SMILES string of the molecule is COC(=O)C(Cc1c[nH]c2ccccc12)NC(=O)[C@H]1CCC(=O)CN1C(=O)OCc1ccccc1. The third kappa shape index (κ3) is 5.68. The summed E-state index contributed by atoms with van der Waals surface area (Å²) in [5, 5.41) is 3.66. The second-order valence-corrected chi connectivity index (χ2v) is 8.41. The first-order valence-electron chi connectivity index (χ1n) is 11.4. The van der Waals surface area contributed by atoms with Crippen molar-refractivity contribution in [3.63, 3.8) is 0 Å². The van der Waals surface area contributed by atoms with Gasteiger partial charge in [-0.3, -0.25) is 14.5 Å². The summed E-state index contributed by atoms with van der Waals surface area (Å²) >= 11 is 0. The largest absolute Gasteiger partial charge is 0.467 e. The molecule has 1 fully saturated rings. The zero-order valence-electron chi connectivity index (χ0n) is 19.4. The van der Waals surface area contributed by atoms with Crippen molar-refractivity contribution in [2.45, 2.75) is 38.0 Å². The fraction of sp³-hybridized carbons (Fsp3) is 0.308. The molecular weight excluding hydrogens is 450 g/mol. The Morgan fingerprint density at radius 2 is 1.86 bits per heavy atom. The van der Waals surface area contributed by atoms with Gasteiger partial charge in [0.15, 0.2) is 5.78 Å². The molecule has 35 heavy (non-hydrogen) atoms. The molecule has 2 heterocycles. The molecule has 1 aromatic heterocycles. The molecule has 0 saturated carbocycles. The Morgan fingerprint density at radius 1 is 1.11 bits per heavy atom. The summed E-state index contributed by atoms with van der Waals surface area (Å²) in [5.41, 5.74) is 2.54. The van der Waals surface area contributed by atoms with E-state index in [0.717, 1.165) is 26.9 Å². The van der Waals surface area contributed by atoms with E-state index in [2.05, 4.69) is 10.3 Å². The van der Waals surface area contributed by atoms with Gasteiger partial charge in [0.25, 0.3) is 0 Å². The Morgan fingerprint density at radius 3 is 2.63 bits per heavy atom. The number of aromatic nitrogens is 1. The van der Waals surface area contributed by atoms with Crippen molar-refractivity contribution >= 4 is 34.7 Å². The highest BCUT2D eigenvalue weighted by molar-refractivity contribution is 5.94. The number of rotatable bonds is 7. The second-order valence-electron chi connectivity index (χ2n) is 8.41. The first-order valence-corrected chi connectivity index (χ1v) is 11.4. The smallest absolute Gasteiger partial charge is 0.411 e. The monoisotopic (exact) mass is 477 g/mol. The number of esters is 1. The van der Waals surface area contributed by atoms with Gasteiger partial charge in [0.1, 0.15) is 18.7 Å². The van der Waals surface area contributed by atoms with Crippen LogP contribution in [0, 0.1) is 0 Å². The summed E-state index contributed by atoms with van der Waals surface area (Å²) in [4.78, 5) is 54.9. The topological polar surface area (TPSA) is 118 Å². The molecule has 2 amide bonds. The van der Waals surface area contributed by atoms with Gasteiger partial charge in [0.2, 0.25) is 5.91 Å². The van der Waals surface area contributed by atoms with E-state index in [9.17, 15) is 19.2 Å². The third-order valence-corrected chi connectivity index (χ3v) is 6.06. The molecule has 1 unspecified atom stereocenters. The van der Waals surface area contributed by atoms with E-state index in [4.69, 9.17) is 9.47 Å². The quantitative estimate of drug-likeness (QED) is 0.506. The molecule has 0 aliphatic carbocycles. The van der Waals surface area contributed by atoms with E-state index in [-0.39, 0.29) is 38.2 Å². The number of ether oxygens (including phenoxy) is 2. The van der Waals surface area contributed by atoms with E-state index in [1.54, 1.807) is 6.20 Å². The van der Waals surface area contributed by atoms with E-state index >= 15 is 0 Å². The molecule has 2 N–H and O–H groups in total. The maximum absolute atomic E-state index is 13.2. The number of methoxy groups -OCH3 is 1. The average Bonchev–Trinajstić information content (AvgIpc) is 3.29. The third-order valence-electron chi connectivity index (χ3n) is 6.06. The maximum atomic E-state index is 13.2. The highest BCUT2D eigenvalue weighted by atomic mass is 16.6. The summed E-state index contributed by atoms with van der Waals surface area (Å²) in [5.74, 6) is -1.30. The van der Waals surface area contributed by atoms with E-state index in [0.29, 0.717) is 0 Å².